The number of benzene rings is 1. The van der Waals surface area contributed by atoms with Crippen LogP contribution in [0.3, 0.4) is 0 Å². The number of nitrogens with one attached hydrogen (secondary N) is 1. The van der Waals surface area contributed by atoms with Crippen molar-refractivity contribution >= 4 is 34.2 Å². The smallest absolute Gasteiger partial charge is 0.255 e. The molecule has 3 aromatic heterocycles. The maximum absolute atomic E-state index is 12.7. The summed E-state index contributed by atoms with van der Waals surface area (Å²) in [5.74, 6) is 2.17. The van der Waals surface area contributed by atoms with E-state index in [0.29, 0.717) is 35.1 Å². The molecular weight excluding hydrogens is 376 g/mol. The fourth-order valence-corrected chi connectivity index (χ4v) is 3.73. The molecule has 1 saturated carbocycles. The van der Waals surface area contributed by atoms with Gasteiger partial charge in [0.15, 0.2) is 5.65 Å². The number of hydrogen-bond acceptors (Lipinski definition) is 4. The maximum atomic E-state index is 12.7. The summed E-state index contributed by atoms with van der Waals surface area (Å²) < 4.78 is 3.96. The molecule has 1 N–H and O–H groups in total. The second-order valence-corrected chi connectivity index (χ2v) is 7.61. The van der Waals surface area contributed by atoms with Crippen LogP contribution in [0.4, 0.5) is 0 Å². The summed E-state index contributed by atoms with van der Waals surface area (Å²) >= 11 is 6.05. The second kappa shape index (κ2) is 6.60. The van der Waals surface area contributed by atoms with Crippen molar-refractivity contribution in [1.82, 2.24) is 29.5 Å². The summed E-state index contributed by atoms with van der Waals surface area (Å²) in [6, 6.07) is 9.31. The molecule has 1 amide bonds. The van der Waals surface area contributed by atoms with Crippen LogP contribution in [-0.2, 0) is 13.5 Å². The van der Waals surface area contributed by atoms with Gasteiger partial charge in [-0.3, -0.25) is 9.20 Å². The zero-order valence-corrected chi connectivity index (χ0v) is 16.1. The minimum absolute atomic E-state index is 0.151. The largest absolute Gasteiger partial charge is 0.351 e. The molecule has 28 heavy (non-hydrogen) atoms. The topological polar surface area (TPSA) is 77.1 Å². The molecule has 1 aliphatic carbocycles. The predicted octanol–water partition coefficient (Wildman–Crippen LogP) is 3.12. The van der Waals surface area contributed by atoms with Crippen molar-refractivity contribution in [1.29, 1.82) is 0 Å². The normalized spacial score (nSPS) is 14.1. The second-order valence-electron chi connectivity index (χ2n) is 7.17. The quantitative estimate of drug-likeness (QED) is 0.564. The molecule has 8 heteroatoms. The van der Waals surface area contributed by atoms with Gasteiger partial charge in [-0.05, 0) is 43.2 Å². The highest BCUT2D eigenvalue weighted by molar-refractivity contribution is 6.31. The first-order valence-electron chi connectivity index (χ1n) is 9.34. The van der Waals surface area contributed by atoms with Crippen molar-refractivity contribution in [2.45, 2.75) is 25.2 Å². The third kappa shape index (κ3) is 2.92. The van der Waals surface area contributed by atoms with Gasteiger partial charge >= 0.3 is 0 Å². The number of aromatic nitrogens is 5. The van der Waals surface area contributed by atoms with E-state index in [1.807, 2.05) is 46.5 Å². The van der Waals surface area contributed by atoms with Crippen molar-refractivity contribution in [2.24, 2.45) is 7.05 Å². The lowest BCUT2D eigenvalue weighted by Gasteiger charge is -2.07. The van der Waals surface area contributed by atoms with Crippen molar-refractivity contribution in [3.63, 3.8) is 0 Å². The fraction of sp³-hybridized carbons (Fsp3) is 0.300. The molecule has 1 fully saturated rings. The first kappa shape index (κ1) is 17.2. The van der Waals surface area contributed by atoms with Crippen LogP contribution in [-0.4, -0.2) is 36.6 Å². The Morgan fingerprint density at radius 2 is 2.14 bits per heavy atom. The Balaban J connectivity index is 1.32. The van der Waals surface area contributed by atoms with E-state index in [-0.39, 0.29) is 5.91 Å². The van der Waals surface area contributed by atoms with Crippen LogP contribution in [0.2, 0.25) is 5.02 Å². The van der Waals surface area contributed by atoms with Gasteiger partial charge in [-0.2, -0.15) is 0 Å². The summed E-state index contributed by atoms with van der Waals surface area (Å²) in [6.45, 7) is 0.481. The van der Waals surface area contributed by atoms with Crippen LogP contribution in [0.1, 0.15) is 40.8 Å². The average molecular weight is 395 g/mol. The van der Waals surface area contributed by atoms with E-state index in [2.05, 4.69) is 20.5 Å². The lowest BCUT2D eigenvalue weighted by Crippen LogP contribution is -2.27. The molecule has 0 spiro atoms. The summed E-state index contributed by atoms with van der Waals surface area (Å²) in [4.78, 5) is 17.3. The summed E-state index contributed by atoms with van der Waals surface area (Å²) in [6.07, 6.45) is 4.82. The van der Waals surface area contributed by atoms with Crippen molar-refractivity contribution < 1.29 is 4.79 Å². The molecule has 0 unspecified atom stereocenters. The molecule has 1 aromatic carbocycles. The number of amides is 1. The van der Waals surface area contributed by atoms with E-state index >= 15 is 0 Å². The van der Waals surface area contributed by atoms with Gasteiger partial charge in [0.1, 0.15) is 11.6 Å². The molecule has 3 heterocycles. The minimum atomic E-state index is -0.151. The van der Waals surface area contributed by atoms with E-state index in [9.17, 15) is 4.79 Å². The van der Waals surface area contributed by atoms with E-state index < -0.39 is 0 Å². The van der Waals surface area contributed by atoms with Crippen molar-refractivity contribution in [3.05, 3.63) is 58.8 Å². The summed E-state index contributed by atoms with van der Waals surface area (Å²) in [7, 11) is 1.97. The van der Waals surface area contributed by atoms with Gasteiger partial charge < -0.3 is 9.88 Å². The molecule has 5 rings (SSSR count). The van der Waals surface area contributed by atoms with Gasteiger partial charge in [0.25, 0.3) is 5.91 Å². The van der Waals surface area contributed by atoms with Crippen LogP contribution in [0.5, 0.6) is 0 Å². The first-order chi connectivity index (χ1) is 13.6. The highest BCUT2D eigenvalue weighted by atomic mass is 35.5. The van der Waals surface area contributed by atoms with Crippen LogP contribution < -0.4 is 5.32 Å². The van der Waals surface area contributed by atoms with Crippen molar-refractivity contribution in [2.75, 3.05) is 6.54 Å². The number of fused-ring (bicyclic) bond motifs is 2. The molecule has 0 aliphatic heterocycles. The molecule has 0 bridgehead atoms. The van der Waals surface area contributed by atoms with E-state index in [0.717, 1.165) is 35.5 Å². The van der Waals surface area contributed by atoms with Crippen molar-refractivity contribution in [3.8, 4) is 0 Å². The Labute approximate surface area is 166 Å². The van der Waals surface area contributed by atoms with Gasteiger partial charge in [-0.15, -0.1) is 10.2 Å². The highest BCUT2D eigenvalue weighted by Crippen LogP contribution is 2.39. The predicted molar refractivity (Wildman–Crippen MR) is 107 cm³/mol. The van der Waals surface area contributed by atoms with Crippen LogP contribution in [0.25, 0.3) is 16.7 Å². The lowest BCUT2D eigenvalue weighted by atomic mass is 10.2. The Morgan fingerprint density at radius 3 is 2.96 bits per heavy atom. The number of carbonyl (C=O) groups is 1. The maximum Gasteiger partial charge on any atom is 0.255 e. The zero-order chi connectivity index (χ0) is 19.3. The van der Waals surface area contributed by atoms with Gasteiger partial charge in [-0.1, -0.05) is 11.6 Å². The Bertz CT molecular complexity index is 1210. The molecule has 7 nitrogen and oxygen atoms in total. The fourth-order valence-electron chi connectivity index (χ4n) is 3.56. The molecule has 4 aromatic rings. The van der Waals surface area contributed by atoms with Gasteiger partial charge in [0, 0.05) is 37.2 Å². The Kier molecular flexibility index (Phi) is 4.05. The SMILES string of the molecule is Cn1c(CCNC(=O)c2cccn3c(C4CC4)nnc23)nc2cc(Cl)ccc21. The summed E-state index contributed by atoms with van der Waals surface area (Å²) in [5, 5.41) is 12.2. The standard InChI is InChI=1S/C20H19ClN6O/c1-26-16-7-6-13(21)11-15(16)23-17(26)8-9-22-20(28)14-3-2-10-27-18(12-4-5-12)24-25-19(14)27/h2-3,6-7,10-12H,4-5,8-9H2,1H3,(H,22,28). The molecule has 142 valence electrons. The van der Waals surface area contributed by atoms with Crippen LogP contribution in [0, 0.1) is 0 Å². The lowest BCUT2D eigenvalue weighted by molar-refractivity contribution is 0.0955. The number of imidazole rings is 1. The molecule has 0 saturated heterocycles. The molecule has 1 aliphatic rings. The van der Waals surface area contributed by atoms with Gasteiger partial charge in [0.2, 0.25) is 0 Å². The number of aryl methyl sites for hydroxylation is 1. The van der Waals surface area contributed by atoms with E-state index in [1.54, 1.807) is 6.07 Å². The molecular formula is C20H19ClN6O. The third-order valence-electron chi connectivity index (χ3n) is 5.22. The zero-order valence-electron chi connectivity index (χ0n) is 15.4. The van der Waals surface area contributed by atoms with Gasteiger partial charge in [-0.25, -0.2) is 4.98 Å². The van der Waals surface area contributed by atoms with Gasteiger partial charge in [0.05, 0.1) is 16.6 Å². The van der Waals surface area contributed by atoms with Crippen LogP contribution in [0.15, 0.2) is 36.5 Å². The Hall–Kier alpha value is -2.93. The monoisotopic (exact) mass is 394 g/mol. The van der Waals surface area contributed by atoms with E-state index in [4.69, 9.17) is 11.6 Å². The first-order valence-corrected chi connectivity index (χ1v) is 9.72. The number of rotatable bonds is 5. The number of hydrogen-bond donors (Lipinski definition) is 1. The summed E-state index contributed by atoms with van der Waals surface area (Å²) in [5.41, 5.74) is 3.03. The number of halogens is 1. The molecule has 0 atom stereocenters. The number of carbonyl (C=O) groups excluding carboxylic acids is 1. The third-order valence-corrected chi connectivity index (χ3v) is 5.45. The minimum Gasteiger partial charge on any atom is -0.351 e. The number of nitrogens with zero attached hydrogens (tertiary/aromatic N) is 5. The average Bonchev–Trinajstić information content (AvgIpc) is 3.37. The Morgan fingerprint density at radius 1 is 1.29 bits per heavy atom. The number of pyridine rings is 1. The molecule has 0 radical (unpaired) electrons. The van der Waals surface area contributed by atoms with Crippen LogP contribution >= 0.6 is 11.6 Å². The van der Waals surface area contributed by atoms with E-state index in [1.165, 1.54) is 0 Å². The highest BCUT2D eigenvalue weighted by Gasteiger charge is 2.29.